The smallest absolute Gasteiger partial charge is 0.233 e. The quantitative estimate of drug-likeness (QED) is 0.475. The first-order valence-corrected chi connectivity index (χ1v) is 11.3. The van der Waals surface area contributed by atoms with Crippen LogP contribution >= 0.6 is 22.9 Å². The van der Waals surface area contributed by atoms with Crippen molar-refractivity contribution < 1.29 is 4.79 Å². The van der Waals surface area contributed by atoms with E-state index in [1.54, 1.807) is 11.3 Å². The largest absolute Gasteiger partial charge is 0.302 e. The molecule has 3 aromatic rings. The molecule has 4 nitrogen and oxygen atoms in total. The Morgan fingerprint density at radius 3 is 2.52 bits per heavy atom. The van der Waals surface area contributed by atoms with Gasteiger partial charge in [0.05, 0.1) is 16.6 Å². The molecule has 3 rings (SSSR count). The molecule has 0 aliphatic carbocycles. The Morgan fingerprint density at radius 2 is 1.83 bits per heavy atom. The van der Waals surface area contributed by atoms with Crippen LogP contribution in [0.15, 0.2) is 36.4 Å². The summed E-state index contributed by atoms with van der Waals surface area (Å²) in [7, 11) is 0. The second-order valence-corrected chi connectivity index (χ2v) is 8.65. The molecular formula is C23H28ClN3OS. The van der Waals surface area contributed by atoms with Gasteiger partial charge < -0.3 is 4.90 Å². The lowest BCUT2D eigenvalue weighted by atomic mass is 10.1. The highest BCUT2D eigenvalue weighted by atomic mass is 35.5. The van der Waals surface area contributed by atoms with Crippen molar-refractivity contribution in [2.75, 3.05) is 31.1 Å². The third-order valence-electron chi connectivity index (χ3n) is 5.17. The van der Waals surface area contributed by atoms with E-state index in [0.29, 0.717) is 11.6 Å². The molecule has 0 bridgehead atoms. The average molecular weight is 430 g/mol. The van der Waals surface area contributed by atoms with Gasteiger partial charge in [0.15, 0.2) is 5.13 Å². The lowest BCUT2D eigenvalue weighted by Gasteiger charge is -2.25. The third kappa shape index (κ3) is 5.16. The standard InChI is InChI=1S/C23H28ClN3OS/c1-5-26(6-2)11-12-27(21(28)15-18-9-7-8-10-19(18)24)23-25-20-14-16(3)13-17(4)22(20)29-23/h7-10,13-14H,5-6,11-12,15H2,1-4H3. The van der Waals surface area contributed by atoms with Crippen molar-refractivity contribution in [1.82, 2.24) is 9.88 Å². The van der Waals surface area contributed by atoms with Gasteiger partial charge in [-0.15, -0.1) is 0 Å². The fourth-order valence-corrected chi connectivity index (χ4v) is 4.75. The summed E-state index contributed by atoms with van der Waals surface area (Å²) in [6.45, 7) is 11.8. The number of amides is 1. The summed E-state index contributed by atoms with van der Waals surface area (Å²) in [5.41, 5.74) is 4.19. The normalized spacial score (nSPS) is 11.4. The van der Waals surface area contributed by atoms with Crippen molar-refractivity contribution in [3.8, 4) is 0 Å². The summed E-state index contributed by atoms with van der Waals surface area (Å²) < 4.78 is 1.14. The SMILES string of the molecule is CCN(CC)CCN(C(=O)Cc1ccccc1Cl)c1nc2cc(C)cc(C)c2s1. The number of anilines is 1. The number of thiazole rings is 1. The number of aryl methyl sites for hydroxylation is 2. The maximum Gasteiger partial charge on any atom is 0.233 e. The van der Waals surface area contributed by atoms with Gasteiger partial charge in [0.1, 0.15) is 0 Å². The van der Waals surface area contributed by atoms with Crippen LogP contribution in [-0.2, 0) is 11.2 Å². The minimum atomic E-state index is 0.0266. The molecule has 0 aliphatic rings. The first-order valence-electron chi connectivity index (χ1n) is 10.1. The Morgan fingerprint density at radius 1 is 1.10 bits per heavy atom. The Kier molecular flexibility index (Phi) is 7.28. The van der Waals surface area contributed by atoms with Crippen LogP contribution in [0.2, 0.25) is 5.02 Å². The van der Waals surface area contributed by atoms with Crippen LogP contribution in [0.1, 0.15) is 30.5 Å². The molecule has 0 unspecified atom stereocenters. The monoisotopic (exact) mass is 429 g/mol. The number of carbonyl (C=O) groups excluding carboxylic acids is 1. The lowest BCUT2D eigenvalue weighted by molar-refractivity contribution is -0.118. The van der Waals surface area contributed by atoms with E-state index in [4.69, 9.17) is 16.6 Å². The minimum absolute atomic E-state index is 0.0266. The zero-order valence-corrected chi connectivity index (χ0v) is 19.1. The van der Waals surface area contributed by atoms with E-state index < -0.39 is 0 Å². The topological polar surface area (TPSA) is 36.4 Å². The fraction of sp³-hybridized carbons (Fsp3) is 0.391. The van der Waals surface area contributed by atoms with Crippen molar-refractivity contribution in [2.24, 2.45) is 0 Å². The van der Waals surface area contributed by atoms with Crippen molar-refractivity contribution in [3.05, 3.63) is 58.1 Å². The van der Waals surface area contributed by atoms with Crippen LogP contribution in [0.3, 0.4) is 0 Å². The molecule has 0 fully saturated rings. The van der Waals surface area contributed by atoms with Gasteiger partial charge in [0.2, 0.25) is 5.91 Å². The molecule has 1 aromatic heterocycles. The molecule has 2 aromatic carbocycles. The molecule has 1 amide bonds. The molecule has 0 N–H and O–H groups in total. The summed E-state index contributed by atoms with van der Waals surface area (Å²) >= 11 is 7.90. The van der Waals surface area contributed by atoms with E-state index in [2.05, 4.69) is 44.7 Å². The zero-order chi connectivity index (χ0) is 21.0. The number of fused-ring (bicyclic) bond motifs is 1. The maximum atomic E-state index is 13.3. The van der Waals surface area contributed by atoms with Crippen LogP contribution in [0.4, 0.5) is 5.13 Å². The third-order valence-corrected chi connectivity index (χ3v) is 6.77. The first-order chi connectivity index (χ1) is 13.9. The predicted molar refractivity (Wildman–Crippen MR) is 124 cm³/mol. The highest BCUT2D eigenvalue weighted by molar-refractivity contribution is 7.22. The van der Waals surface area contributed by atoms with Gasteiger partial charge in [-0.1, -0.05) is 61.1 Å². The summed E-state index contributed by atoms with van der Waals surface area (Å²) in [4.78, 5) is 22.3. The molecular weight excluding hydrogens is 402 g/mol. The molecule has 0 saturated heterocycles. The number of likely N-dealkylation sites (N-methyl/N-ethyl adjacent to an activating group) is 1. The van der Waals surface area contributed by atoms with Gasteiger partial charge in [0, 0.05) is 18.1 Å². The highest BCUT2D eigenvalue weighted by Crippen LogP contribution is 2.32. The van der Waals surface area contributed by atoms with Crippen molar-refractivity contribution in [2.45, 2.75) is 34.1 Å². The van der Waals surface area contributed by atoms with Gasteiger partial charge in [0.25, 0.3) is 0 Å². The van der Waals surface area contributed by atoms with Gasteiger partial charge in [-0.25, -0.2) is 4.98 Å². The van der Waals surface area contributed by atoms with E-state index in [1.807, 2.05) is 29.2 Å². The molecule has 29 heavy (non-hydrogen) atoms. The minimum Gasteiger partial charge on any atom is -0.302 e. The van der Waals surface area contributed by atoms with Crippen LogP contribution in [0.25, 0.3) is 10.2 Å². The van der Waals surface area contributed by atoms with E-state index in [9.17, 15) is 4.79 Å². The molecule has 0 saturated carbocycles. The van der Waals surface area contributed by atoms with Gasteiger partial charge in [-0.05, 0) is 55.8 Å². The van der Waals surface area contributed by atoms with Crippen LogP contribution in [0, 0.1) is 13.8 Å². The Hall–Kier alpha value is -1.95. The zero-order valence-electron chi connectivity index (χ0n) is 17.5. The number of rotatable bonds is 8. The van der Waals surface area contributed by atoms with Gasteiger partial charge in [-0.2, -0.15) is 0 Å². The number of hydrogen-bond acceptors (Lipinski definition) is 4. The van der Waals surface area contributed by atoms with Crippen molar-refractivity contribution in [3.63, 3.8) is 0 Å². The number of halogens is 1. The fourth-order valence-electron chi connectivity index (χ4n) is 3.49. The second kappa shape index (κ2) is 9.70. The lowest BCUT2D eigenvalue weighted by Crippen LogP contribution is -2.39. The molecule has 1 heterocycles. The molecule has 0 aliphatic heterocycles. The van der Waals surface area contributed by atoms with E-state index in [0.717, 1.165) is 40.5 Å². The second-order valence-electron chi connectivity index (χ2n) is 7.27. The average Bonchev–Trinajstić information content (AvgIpc) is 3.11. The number of nitrogens with zero attached hydrogens (tertiary/aromatic N) is 3. The number of aromatic nitrogens is 1. The Labute approximate surface area is 182 Å². The van der Waals surface area contributed by atoms with Crippen LogP contribution in [0.5, 0.6) is 0 Å². The van der Waals surface area contributed by atoms with Gasteiger partial charge in [-0.3, -0.25) is 9.69 Å². The Bertz CT molecular complexity index is 997. The molecule has 6 heteroatoms. The maximum absolute atomic E-state index is 13.3. The number of hydrogen-bond donors (Lipinski definition) is 0. The van der Waals surface area contributed by atoms with Crippen molar-refractivity contribution in [1.29, 1.82) is 0 Å². The van der Waals surface area contributed by atoms with E-state index in [-0.39, 0.29) is 12.3 Å². The van der Waals surface area contributed by atoms with E-state index in [1.165, 1.54) is 11.1 Å². The Balaban J connectivity index is 1.93. The molecule has 0 spiro atoms. The molecule has 0 atom stereocenters. The summed E-state index contributed by atoms with van der Waals surface area (Å²) in [5, 5.41) is 1.39. The summed E-state index contributed by atoms with van der Waals surface area (Å²) in [6.07, 6.45) is 0.270. The number of carbonyl (C=O) groups is 1. The predicted octanol–water partition coefficient (Wildman–Crippen LogP) is 5.48. The molecule has 154 valence electrons. The van der Waals surface area contributed by atoms with Crippen molar-refractivity contribution >= 4 is 44.2 Å². The highest BCUT2D eigenvalue weighted by Gasteiger charge is 2.22. The van der Waals surface area contributed by atoms with Crippen LogP contribution in [-0.4, -0.2) is 42.0 Å². The van der Waals surface area contributed by atoms with E-state index >= 15 is 0 Å². The summed E-state index contributed by atoms with van der Waals surface area (Å²) in [5.74, 6) is 0.0266. The first kappa shape index (κ1) is 21.8. The number of benzene rings is 2. The van der Waals surface area contributed by atoms with Gasteiger partial charge >= 0.3 is 0 Å². The summed E-state index contributed by atoms with van der Waals surface area (Å²) in [6, 6.07) is 11.8. The van der Waals surface area contributed by atoms with Crippen LogP contribution < -0.4 is 4.90 Å². The molecule has 0 radical (unpaired) electrons.